The molecular formula is C25H25NO7. The zero-order chi connectivity index (χ0) is 23.6. The molecule has 0 saturated carbocycles. The number of ether oxygens (including phenoxy) is 4. The van der Waals surface area contributed by atoms with Crippen LogP contribution in [-0.4, -0.2) is 43.7 Å². The Kier molecular flexibility index (Phi) is 6.11. The van der Waals surface area contributed by atoms with Crippen LogP contribution in [0.25, 0.3) is 0 Å². The van der Waals surface area contributed by atoms with Crippen LogP contribution in [0.2, 0.25) is 0 Å². The Bertz CT molecular complexity index is 1130. The van der Waals surface area contributed by atoms with Crippen molar-refractivity contribution in [1.29, 1.82) is 0 Å². The van der Waals surface area contributed by atoms with Gasteiger partial charge in [-0.1, -0.05) is 18.2 Å². The minimum Gasteiger partial charge on any atom is -0.497 e. The molecule has 4 rings (SSSR count). The maximum atomic E-state index is 13.8. The summed E-state index contributed by atoms with van der Waals surface area (Å²) in [5.74, 6) is 0.435. The number of furan rings is 1. The number of rotatable bonds is 6. The fourth-order valence-electron chi connectivity index (χ4n) is 4.16. The first-order valence-corrected chi connectivity index (χ1v) is 10.3. The SMILES string of the molecule is COC(=O)[C@]1(C)OC(c2ccc(OC)cc2OC)N(C(=O)c2ccccc2)[C@@H]1c1ccco1. The molecule has 0 N–H and O–H groups in total. The molecule has 1 aromatic heterocycles. The topological polar surface area (TPSA) is 87.4 Å². The zero-order valence-corrected chi connectivity index (χ0v) is 18.8. The summed E-state index contributed by atoms with van der Waals surface area (Å²) in [7, 11) is 4.34. The van der Waals surface area contributed by atoms with Crippen LogP contribution in [0.5, 0.6) is 11.5 Å². The predicted molar refractivity (Wildman–Crippen MR) is 118 cm³/mol. The van der Waals surface area contributed by atoms with Crippen molar-refractivity contribution in [1.82, 2.24) is 4.90 Å². The Balaban J connectivity index is 1.92. The van der Waals surface area contributed by atoms with Gasteiger partial charge >= 0.3 is 5.97 Å². The Hall–Kier alpha value is -3.78. The standard InChI is InChI=1S/C25H25NO7/c1-25(24(28)31-4)21(19-11-8-14-32-19)26(22(27)16-9-6-5-7-10-16)23(33-25)18-13-12-17(29-2)15-20(18)30-3/h5-15,21,23H,1-4H3/t21-,23?,25-/m1/s1. The van der Waals surface area contributed by atoms with Gasteiger partial charge in [-0.2, -0.15) is 0 Å². The lowest BCUT2D eigenvalue weighted by molar-refractivity contribution is -0.167. The third kappa shape index (κ3) is 3.82. The summed E-state index contributed by atoms with van der Waals surface area (Å²) in [5, 5.41) is 0. The summed E-state index contributed by atoms with van der Waals surface area (Å²) in [6, 6.07) is 16.5. The van der Waals surface area contributed by atoms with Gasteiger partial charge in [0, 0.05) is 17.2 Å². The first-order valence-electron chi connectivity index (χ1n) is 10.3. The van der Waals surface area contributed by atoms with E-state index in [4.69, 9.17) is 23.4 Å². The lowest BCUT2D eigenvalue weighted by Crippen LogP contribution is -2.44. The van der Waals surface area contributed by atoms with E-state index in [1.807, 2.05) is 6.07 Å². The van der Waals surface area contributed by atoms with Gasteiger partial charge in [-0.05, 0) is 43.3 Å². The van der Waals surface area contributed by atoms with Gasteiger partial charge in [0.25, 0.3) is 5.91 Å². The summed E-state index contributed by atoms with van der Waals surface area (Å²) < 4.78 is 28.0. The third-order valence-corrected chi connectivity index (χ3v) is 5.77. The molecule has 1 saturated heterocycles. The Morgan fingerprint density at radius 1 is 0.970 bits per heavy atom. The van der Waals surface area contributed by atoms with Crippen LogP contribution < -0.4 is 9.47 Å². The number of esters is 1. The van der Waals surface area contributed by atoms with Crippen molar-refractivity contribution in [2.24, 2.45) is 0 Å². The van der Waals surface area contributed by atoms with Crippen LogP contribution >= 0.6 is 0 Å². The normalized spacial score (nSPS) is 22.1. The minimum absolute atomic E-state index is 0.340. The molecule has 0 aliphatic carbocycles. The quantitative estimate of drug-likeness (QED) is 0.521. The van der Waals surface area contributed by atoms with Gasteiger partial charge in [-0.25, -0.2) is 4.79 Å². The fraction of sp³-hybridized carbons (Fsp3) is 0.280. The number of methoxy groups -OCH3 is 3. The average molecular weight is 451 g/mol. The molecular weight excluding hydrogens is 426 g/mol. The maximum absolute atomic E-state index is 13.8. The van der Waals surface area contributed by atoms with Crippen molar-refractivity contribution in [2.45, 2.75) is 24.8 Å². The molecule has 3 atom stereocenters. The summed E-state index contributed by atoms with van der Waals surface area (Å²) in [6.07, 6.45) is 0.511. The molecule has 1 aliphatic rings. The molecule has 2 heterocycles. The number of hydrogen-bond acceptors (Lipinski definition) is 7. The van der Waals surface area contributed by atoms with Gasteiger partial charge in [0.1, 0.15) is 23.3 Å². The van der Waals surface area contributed by atoms with E-state index in [2.05, 4.69) is 0 Å². The average Bonchev–Trinajstić information content (AvgIpc) is 3.49. The number of benzene rings is 2. The van der Waals surface area contributed by atoms with E-state index >= 15 is 0 Å². The summed E-state index contributed by atoms with van der Waals surface area (Å²) in [6.45, 7) is 1.59. The van der Waals surface area contributed by atoms with Crippen LogP contribution in [0.1, 0.15) is 40.9 Å². The van der Waals surface area contributed by atoms with E-state index in [1.54, 1.807) is 68.6 Å². The molecule has 33 heavy (non-hydrogen) atoms. The van der Waals surface area contributed by atoms with E-state index < -0.39 is 23.8 Å². The van der Waals surface area contributed by atoms with Crippen molar-refractivity contribution in [3.8, 4) is 11.5 Å². The molecule has 0 radical (unpaired) electrons. The molecule has 1 amide bonds. The fourth-order valence-corrected chi connectivity index (χ4v) is 4.16. The van der Waals surface area contributed by atoms with Crippen LogP contribution in [-0.2, 0) is 14.3 Å². The highest BCUT2D eigenvalue weighted by Gasteiger charge is 2.60. The van der Waals surface area contributed by atoms with E-state index in [-0.39, 0.29) is 5.91 Å². The van der Waals surface area contributed by atoms with E-state index in [0.717, 1.165) is 0 Å². The van der Waals surface area contributed by atoms with Crippen LogP contribution in [0.4, 0.5) is 0 Å². The van der Waals surface area contributed by atoms with Crippen LogP contribution in [0.3, 0.4) is 0 Å². The first-order chi connectivity index (χ1) is 15.9. The number of hydrogen-bond donors (Lipinski definition) is 0. The molecule has 0 bridgehead atoms. The minimum atomic E-state index is -1.55. The van der Waals surface area contributed by atoms with Crippen molar-refractivity contribution < 1.29 is 33.0 Å². The smallest absolute Gasteiger partial charge is 0.340 e. The van der Waals surface area contributed by atoms with Gasteiger partial charge in [0.15, 0.2) is 11.8 Å². The molecule has 1 unspecified atom stereocenters. The summed E-state index contributed by atoms with van der Waals surface area (Å²) in [4.78, 5) is 28.3. The molecule has 8 nitrogen and oxygen atoms in total. The number of nitrogens with zero attached hydrogens (tertiary/aromatic N) is 1. The molecule has 1 fully saturated rings. The number of carbonyl (C=O) groups excluding carboxylic acids is 2. The molecule has 1 aliphatic heterocycles. The Labute approximate surface area is 191 Å². The molecule has 2 aromatic carbocycles. The maximum Gasteiger partial charge on any atom is 0.340 e. The summed E-state index contributed by atoms with van der Waals surface area (Å²) in [5.41, 5.74) is -0.567. The first kappa shape index (κ1) is 22.4. The molecule has 3 aromatic rings. The predicted octanol–water partition coefficient (Wildman–Crippen LogP) is 4.14. The van der Waals surface area contributed by atoms with Gasteiger partial charge in [-0.15, -0.1) is 0 Å². The van der Waals surface area contributed by atoms with Crippen LogP contribution in [0, 0.1) is 0 Å². The Morgan fingerprint density at radius 2 is 1.73 bits per heavy atom. The molecule has 172 valence electrons. The zero-order valence-electron chi connectivity index (χ0n) is 18.8. The van der Waals surface area contributed by atoms with Gasteiger partial charge < -0.3 is 23.4 Å². The second kappa shape index (κ2) is 8.99. The van der Waals surface area contributed by atoms with Crippen molar-refractivity contribution in [3.05, 3.63) is 83.8 Å². The summed E-state index contributed by atoms with van der Waals surface area (Å²) >= 11 is 0. The largest absolute Gasteiger partial charge is 0.497 e. The molecule has 0 spiro atoms. The van der Waals surface area contributed by atoms with Crippen molar-refractivity contribution >= 4 is 11.9 Å². The van der Waals surface area contributed by atoms with Gasteiger partial charge in [0.2, 0.25) is 0 Å². The van der Waals surface area contributed by atoms with Crippen LogP contribution in [0.15, 0.2) is 71.3 Å². The van der Waals surface area contributed by atoms with Gasteiger partial charge in [-0.3, -0.25) is 9.69 Å². The second-order valence-electron chi connectivity index (χ2n) is 7.67. The van der Waals surface area contributed by atoms with Gasteiger partial charge in [0.05, 0.1) is 27.6 Å². The lowest BCUT2D eigenvalue weighted by atomic mass is 9.93. The monoisotopic (exact) mass is 451 g/mol. The van der Waals surface area contributed by atoms with Crippen molar-refractivity contribution in [2.75, 3.05) is 21.3 Å². The highest BCUT2D eigenvalue weighted by Crippen LogP contribution is 2.52. The molecule has 8 heteroatoms. The highest BCUT2D eigenvalue weighted by molar-refractivity contribution is 5.96. The lowest BCUT2D eigenvalue weighted by Gasteiger charge is -2.30. The highest BCUT2D eigenvalue weighted by atomic mass is 16.6. The second-order valence-corrected chi connectivity index (χ2v) is 7.67. The number of amides is 1. The van der Waals surface area contributed by atoms with E-state index in [0.29, 0.717) is 28.4 Å². The van der Waals surface area contributed by atoms with Crippen molar-refractivity contribution in [3.63, 3.8) is 0 Å². The Morgan fingerprint density at radius 3 is 2.33 bits per heavy atom. The van der Waals surface area contributed by atoms with E-state index in [9.17, 15) is 9.59 Å². The van der Waals surface area contributed by atoms with E-state index in [1.165, 1.54) is 25.4 Å². The number of carbonyl (C=O) groups is 2. The third-order valence-electron chi connectivity index (χ3n) is 5.77.